The Bertz CT molecular complexity index is 76.2. The summed E-state index contributed by atoms with van der Waals surface area (Å²) in [5.74, 6) is 0. The summed E-state index contributed by atoms with van der Waals surface area (Å²) in [6, 6.07) is 0. The summed E-state index contributed by atoms with van der Waals surface area (Å²) >= 11 is 0. The number of hydrogen-bond donors (Lipinski definition) is 3. The third kappa shape index (κ3) is 11.9. The van der Waals surface area contributed by atoms with Gasteiger partial charge in [-0.05, 0) is 51.9 Å². The minimum atomic E-state index is 0.786. The predicted octanol–water partition coefficient (Wildman–Crippen LogP) is 0.648. The first-order chi connectivity index (χ1) is 6.41. The third-order valence-electron chi connectivity index (χ3n) is 1.94. The van der Waals surface area contributed by atoms with Crippen LogP contribution in [0.15, 0.2) is 0 Å². The Morgan fingerprint density at radius 3 is 2.31 bits per heavy atom. The highest BCUT2D eigenvalue weighted by atomic mass is 14.8. The van der Waals surface area contributed by atoms with Crippen molar-refractivity contribution in [1.29, 1.82) is 0 Å². The molecule has 13 heavy (non-hydrogen) atoms. The number of unbranched alkanes of at least 4 members (excludes halogenated alkanes) is 4. The first-order valence-corrected chi connectivity index (χ1v) is 5.34. The van der Waals surface area contributed by atoms with Crippen molar-refractivity contribution in [3.63, 3.8) is 0 Å². The van der Waals surface area contributed by atoms with Crippen molar-refractivity contribution in [3.8, 4) is 0 Å². The second-order valence-electron chi connectivity index (χ2n) is 3.25. The fourth-order valence-electron chi connectivity index (χ4n) is 1.15. The third-order valence-corrected chi connectivity index (χ3v) is 1.94. The normalized spacial score (nSPS) is 10.6. The SMILES string of the molecule is NCC[CH]CCCCNCCCN. The Hall–Kier alpha value is -0.120. The molecule has 0 aliphatic rings. The van der Waals surface area contributed by atoms with E-state index in [1.165, 1.54) is 19.3 Å². The van der Waals surface area contributed by atoms with E-state index in [-0.39, 0.29) is 0 Å². The summed E-state index contributed by atoms with van der Waals surface area (Å²) in [5, 5.41) is 3.36. The number of hydrogen-bond acceptors (Lipinski definition) is 3. The molecule has 0 aromatic rings. The molecule has 0 atom stereocenters. The summed E-state index contributed by atoms with van der Waals surface area (Å²) in [6.45, 7) is 3.76. The lowest BCUT2D eigenvalue weighted by molar-refractivity contribution is 0.601. The van der Waals surface area contributed by atoms with Crippen molar-refractivity contribution in [2.24, 2.45) is 11.5 Å². The average molecular weight is 186 g/mol. The molecule has 0 fully saturated rings. The highest BCUT2D eigenvalue weighted by molar-refractivity contribution is 4.64. The van der Waals surface area contributed by atoms with Crippen LogP contribution in [0.2, 0.25) is 0 Å². The van der Waals surface area contributed by atoms with Crippen molar-refractivity contribution in [1.82, 2.24) is 5.32 Å². The molecule has 1 radical (unpaired) electrons. The Balaban J connectivity index is 2.76. The first kappa shape index (κ1) is 12.9. The molecule has 5 N–H and O–H groups in total. The summed E-state index contributed by atoms with van der Waals surface area (Å²) < 4.78 is 0. The van der Waals surface area contributed by atoms with Crippen LogP contribution in [0.25, 0.3) is 0 Å². The van der Waals surface area contributed by atoms with Gasteiger partial charge in [-0.15, -0.1) is 0 Å². The smallest absolute Gasteiger partial charge is 0.00369 e. The maximum Gasteiger partial charge on any atom is -0.00369 e. The molecule has 0 rings (SSSR count). The van der Waals surface area contributed by atoms with E-state index < -0.39 is 0 Å². The molecule has 0 unspecified atom stereocenters. The van der Waals surface area contributed by atoms with Crippen LogP contribution in [-0.2, 0) is 0 Å². The molecule has 0 aromatic carbocycles. The van der Waals surface area contributed by atoms with E-state index in [1.807, 2.05) is 0 Å². The summed E-state index contributed by atoms with van der Waals surface area (Å²) in [6.07, 6.45) is 8.15. The fraction of sp³-hybridized carbons (Fsp3) is 0.900. The van der Waals surface area contributed by atoms with Crippen LogP contribution in [0.4, 0.5) is 0 Å². The Kier molecular flexibility index (Phi) is 11.8. The molecule has 0 aromatic heterocycles. The van der Waals surface area contributed by atoms with E-state index in [2.05, 4.69) is 11.7 Å². The summed E-state index contributed by atoms with van der Waals surface area (Å²) in [4.78, 5) is 0. The van der Waals surface area contributed by atoms with Crippen LogP contribution < -0.4 is 16.8 Å². The molecule has 0 amide bonds. The highest BCUT2D eigenvalue weighted by Gasteiger charge is 1.90. The summed E-state index contributed by atoms with van der Waals surface area (Å²) in [5.41, 5.74) is 10.7. The highest BCUT2D eigenvalue weighted by Crippen LogP contribution is 1.99. The van der Waals surface area contributed by atoms with E-state index in [1.54, 1.807) is 0 Å². The van der Waals surface area contributed by atoms with Gasteiger partial charge in [0, 0.05) is 0 Å². The topological polar surface area (TPSA) is 64.1 Å². The largest absolute Gasteiger partial charge is 0.330 e. The van der Waals surface area contributed by atoms with E-state index in [4.69, 9.17) is 11.5 Å². The lowest BCUT2D eigenvalue weighted by atomic mass is 10.1. The van der Waals surface area contributed by atoms with Gasteiger partial charge in [0.25, 0.3) is 0 Å². The molecule has 0 bridgehead atoms. The molecule has 3 nitrogen and oxygen atoms in total. The zero-order chi connectivity index (χ0) is 9.78. The lowest BCUT2D eigenvalue weighted by Gasteiger charge is -2.03. The number of nitrogens with one attached hydrogen (secondary N) is 1. The van der Waals surface area contributed by atoms with Crippen molar-refractivity contribution in [2.75, 3.05) is 26.2 Å². The van der Waals surface area contributed by atoms with Gasteiger partial charge in [0.2, 0.25) is 0 Å². The molecule has 0 heterocycles. The first-order valence-electron chi connectivity index (χ1n) is 5.34. The maximum atomic E-state index is 5.37. The second kappa shape index (κ2) is 11.9. The number of nitrogens with two attached hydrogens (primary N) is 2. The molecular weight excluding hydrogens is 162 g/mol. The fourth-order valence-corrected chi connectivity index (χ4v) is 1.15. The van der Waals surface area contributed by atoms with Gasteiger partial charge >= 0.3 is 0 Å². The second-order valence-corrected chi connectivity index (χ2v) is 3.25. The standard InChI is InChI=1S/C10H24N3/c11-7-4-2-1-3-5-9-13-10-6-8-12/h2,13H,1,3-12H2. The van der Waals surface area contributed by atoms with E-state index in [0.717, 1.165) is 39.0 Å². The molecule has 0 aliphatic carbocycles. The van der Waals surface area contributed by atoms with Crippen molar-refractivity contribution in [3.05, 3.63) is 6.42 Å². The van der Waals surface area contributed by atoms with Crippen LogP contribution in [0.3, 0.4) is 0 Å². The van der Waals surface area contributed by atoms with Crippen LogP contribution in [0, 0.1) is 6.42 Å². The zero-order valence-electron chi connectivity index (χ0n) is 8.60. The molecule has 0 aliphatic heterocycles. The summed E-state index contributed by atoms with van der Waals surface area (Å²) in [7, 11) is 0. The van der Waals surface area contributed by atoms with Crippen molar-refractivity contribution in [2.45, 2.75) is 32.1 Å². The van der Waals surface area contributed by atoms with Gasteiger partial charge in [-0.1, -0.05) is 12.8 Å². The Labute approximate surface area is 82.3 Å². The maximum absolute atomic E-state index is 5.37. The molecule has 0 spiro atoms. The van der Waals surface area contributed by atoms with Gasteiger partial charge in [0.15, 0.2) is 0 Å². The van der Waals surface area contributed by atoms with Crippen molar-refractivity contribution < 1.29 is 0 Å². The molecule has 79 valence electrons. The van der Waals surface area contributed by atoms with Crippen molar-refractivity contribution >= 4 is 0 Å². The van der Waals surface area contributed by atoms with Crippen LogP contribution >= 0.6 is 0 Å². The monoisotopic (exact) mass is 186 g/mol. The number of rotatable bonds is 10. The lowest BCUT2D eigenvalue weighted by Crippen LogP contribution is -2.19. The van der Waals surface area contributed by atoms with E-state index in [0.29, 0.717) is 0 Å². The Morgan fingerprint density at radius 1 is 0.846 bits per heavy atom. The van der Waals surface area contributed by atoms with Gasteiger partial charge in [-0.3, -0.25) is 0 Å². The zero-order valence-corrected chi connectivity index (χ0v) is 8.60. The predicted molar refractivity (Wildman–Crippen MR) is 58.4 cm³/mol. The molecule has 0 saturated heterocycles. The van der Waals surface area contributed by atoms with Gasteiger partial charge < -0.3 is 16.8 Å². The van der Waals surface area contributed by atoms with Crippen LogP contribution in [0.5, 0.6) is 0 Å². The molecule has 0 saturated carbocycles. The molecule has 3 heteroatoms. The quantitative estimate of drug-likeness (QED) is 0.439. The van der Waals surface area contributed by atoms with Gasteiger partial charge in [-0.25, -0.2) is 0 Å². The van der Waals surface area contributed by atoms with E-state index in [9.17, 15) is 0 Å². The van der Waals surface area contributed by atoms with Crippen LogP contribution in [0.1, 0.15) is 32.1 Å². The van der Waals surface area contributed by atoms with E-state index >= 15 is 0 Å². The van der Waals surface area contributed by atoms with Gasteiger partial charge in [-0.2, -0.15) is 0 Å². The average Bonchev–Trinajstić information content (AvgIpc) is 2.16. The van der Waals surface area contributed by atoms with Gasteiger partial charge in [0.1, 0.15) is 0 Å². The molecular formula is C10H24N3. The van der Waals surface area contributed by atoms with Crippen LogP contribution in [-0.4, -0.2) is 26.2 Å². The Morgan fingerprint density at radius 2 is 1.62 bits per heavy atom. The minimum Gasteiger partial charge on any atom is -0.330 e. The van der Waals surface area contributed by atoms with Gasteiger partial charge in [0.05, 0.1) is 0 Å². The minimum absolute atomic E-state index is 0.786.